The van der Waals surface area contributed by atoms with Gasteiger partial charge in [0.1, 0.15) is 16.1 Å². The molecule has 0 fully saturated rings. The van der Waals surface area contributed by atoms with Crippen molar-refractivity contribution in [2.75, 3.05) is 0 Å². The summed E-state index contributed by atoms with van der Waals surface area (Å²) in [5.41, 5.74) is 15.7. The maximum absolute atomic E-state index is 9.61. The summed E-state index contributed by atoms with van der Waals surface area (Å²) in [6, 6.07) is 13.9. The van der Waals surface area contributed by atoms with Crippen molar-refractivity contribution in [3.63, 3.8) is 0 Å². The average Bonchev–Trinajstić information content (AvgIpc) is 3.57. The van der Waals surface area contributed by atoms with Crippen molar-refractivity contribution in [3.05, 3.63) is 76.8 Å². The van der Waals surface area contributed by atoms with Gasteiger partial charge in [0, 0.05) is 11.4 Å². The Kier molecular flexibility index (Phi) is 4.56. The van der Waals surface area contributed by atoms with Crippen LogP contribution in [0.3, 0.4) is 0 Å². The number of aryl methyl sites for hydroxylation is 4. The van der Waals surface area contributed by atoms with E-state index in [0.29, 0.717) is 0 Å². The fourth-order valence-electron chi connectivity index (χ4n) is 8.01. The van der Waals surface area contributed by atoms with Crippen molar-refractivity contribution in [3.8, 4) is 11.4 Å². The Bertz CT molecular complexity index is 2500. The van der Waals surface area contributed by atoms with Crippen molar-refractivity contribution >= 4 is 93.8 Å². The van der Waals surface area contributed by atoms with Gasteiger partial charge in [0.25, 0.3) is 6.71 Å². The van der Waals surface area contributed by atoms with E-state index in [-0.39, 0.29) is 24.8 Å². The molecule has 7 aromatic rings. The molecule has 4 heterocycles. The minimum atomic E-state index is -2.08. The zero-order valence-corrected chi connectivity index (χ0v) is 29.8. The van der Waals surface area contributed by atoms with E-state index in [0.717, 1.165) is 60.6 Å². The Morgan fingerprint density at radius 2 is 0.978 bits per heavy atom. The molecule has 2 aliphatic heterocycles. The summed E-state index contributed by atoms with van der Waals surface area (Å²) in [6.07, 6.45) is 0. The van der Waals surface area contributed by atoms with E-state index in [4.69, 9.17) is 9.97 Å². The van der Waals surface area contributed by atoms with Crippen LogP contribution in [-0.4, -0.2) is 42.0 Å². The third-order valence-electron chi connectivity index (χ3n) is 10.3. The van der Waals surface area contributed by atoms with E-state index in [1.807, 2.05) is 0 Å². The zero-order valence-electron chi connectivity index (χ0n) is 30.8. The second-order valence-corrected chi connectivity index (χ2v) is 25.5. The van der Waals surface area contributed by atoms with Crippen molar-refractivity contribution in [1.82, 2.24) is 19.1 Å². The van der Waals surface area contributed by atoms with Gasteiger partial charge in [-0.25, -0.2) is 9.97 Å². The van der Waals surface area contributed by atoms with Crippen LogP contribution in [0.25, 0.3) is 55.0 Å². The van der Waals surface area contributed by atoms with Gasteiger partial charge in [0.2, 0.25) is 0 Å². The number of hydrogen-bond donors (Lipinski definition) is 0. The van der Waals surface area contributed by atoms with Crippen LogP contribution in [0, 0.1) is 27.7 Å². The molecule has 7 heteroatoms. The third-order valence-corrected chi connectivity index (χ3v) is 13.7. The van der Waals surface area contributed by atoms with Crippen LogP contribution < -0.4 is 27.3 Å². The Morgan fingerprint density at radius 1 is 0.578 bits per heavy atom. The highest BCUT2D eigenvalue weighted by Gasteiger charge is 2.45. The lowest BCUT2D eigenvalue weighted by Crippen LogP contribution is -2.62. The van der Waals surface area contributed by atoms with Crippen molar-refractivity contribution < 1.29 is 4.11 Å². The van der Waals surface area contributed by atoms with Gasteiger partial charge in [-0.15, -0.1) is 0 Å². The van der Waals surface area contributed by atoms with E-state index in [1.165, 1.54) is 44.0 Å². The van der Waals surface area contributed by atoms with Crippen LogP contribution in [0.1, 0.15) is 26.4 Å². The van der Waals surface area contributed by atoms with E-state index < -0.39 is 16.1 Å². The molecule has 5 aromatic carbocycles. The molecule has 0 aliphatic carbocycles. The number of nitrogens with zero attached hydrogens (tertiary/aromatic N) is 4. The molecule has 0 bridgehead atoms. The number of imidazole rings is 2. The second-order valence-electron chi connectivity index (χ2n) is 15.6. The molecule has 0 radical (unpaired) electrons. The van der Waals surface area contributed by atoms with Gasteiger partial charge in [-0.1, -0.05) is 69.6 Å². The smallest absolute Gasteiger partial charge is 0.253 e. The molecule has 2 aliphatic rings. The van der Waals surface area contributed by atoms with E-state index in [1.54, 1.807) is 0 Å². The quantitative estimate of drug-likeness (QED) is 0.218. The first-order chi connectivity index (χ1) is 22.5. The Labute approximate surface area is 271 Å². The Morgan fingerprint density at radius 3 is 1.38 bits per heavy atom. The molecule has 0 atom stereocenters. The van der Waals surface area contributed by atoms with Crippen LogP contribution in [0.4, 0.5) is 0 Å². The summed E-state index contributed by atoms with van der Waals surface area (Å²) in [5, 5.41) is 4.71. The first-order valence-corrected chi connectivity index (χ1v) is 23.1. The maximum atomic E-state index is 9.61. The maximum Gasteiger partial charge on any atom is 0.253 e. The number of fused-ring (bicyclic) bond motifs is 8. The molecule has 222 valence electrons. The lowest BCUT2D eigenvalue weighted by Gasteiger charge is -2.36. The van der Waals surface area contributed by atoms with E-state index in [9.17, 15) is 4.11 Å². The SMILES string of the molecule is [2H]c1c([2H])c2c3c(c1[2H])-n1c([Si](C)(C)C)nc4cc5cc(C)c(C)cc5c(c41)B3c1c3cc(C)c(C)cc3cc3nc([Si](C)(C)C)n-2c13. The second kappa shape index (κ2) is 8.45. The summed E-state index contributed by atoms with van der Waals surface area (Å²) in [5.74, 6) is 0. The van der Waals surface area contributed by atoms with Gasteiger partial charge in [-0.05, 0) is 112 Å². The van der Waals surface area contributed by atoms with Gasteiger partial charge in [0.05, 0.1) is 37.1 Å². The molecule has 2 aromatic heterocycles. The number of rotatable bonds is 2. The summed E-state index contributed by atoms with van der Waals surface area (Å²) in [6.45, 7) is 22.3. The van der Waals surface area contributed by atoms with Gasteiger partial charge in [0.15, 0.2) is 0 Å². The van der Waals surface area contributed by atoms with Crippen molar-refractivity contribution in [1.29, 1.82) is 0 Å². The molecule has 0 unspecified atom stereocenters. The van der Waals surface area contributed by atoms with Gasteiger partial charge < -0.3 is 9.13 Å². The average molecular weight is 622 g/mol. The molecule has 0 N–H and O–H groups in total. The van der Waals surface area contributed by atoms with E-state index in [2.05, 4.69) is 113 Å². The highest BCUT2D eigenvalue weighted by molar-refractivity contribution is 7.03. The summed E-state index contributed by atoms with van der Waals surface area (Å²) < 4.78 is 33.0. The largest absolute Gasteiger partial charge is 0.301 e. The minimum Gasteiger partial charge on any atom is -0.301 e. The van der Waals surface area contributed by atoms with Crippen molar-refractivity contribution in [2.24, 2.45) is 0 Å². The minimum absolute atomic E-state index is 0.0410. The first kappa shape index (κ1) is 24.3. The van der Waals surface area contributed by atoms with Crippen LogP contribution in [0.5, 0.6) is 0 Å². The van der Waals surface area contributed by atoms with E-state index >= 15 is 0 Å². The first-order valence-electron chi connectivity index (χ1n) is 17.6. The monoisotopic (exact) mass is 621 g/mol. The van der Waals surface area contributed by atoms with Crippen molar-refractivity contribution in [2.45, 2.75) is 67.0 Å². The Hall–Kier alpha value is -3.94. The molecular formula is C38H39BN4Si2. The molecule has 45 heavy (non-hydrogen) atoms. The van der Waals surface area contributed by atoms with Crippen LogP contribution >= 0.6 is 0 Å². The van der Waals surface area contributed by atoms with Gasteiger partial charge in [-0.2, -0.15) is 0 Å². The third kappa shape index (κ3) is 3.43. The molecular weight excluding hydrogens is 579 g/mol. The van der Waals surface area contributed by atoms with Crippen LogP contribution in [0.2, 0.25) is 39.3 Å². The normalized spacial score (nSPS) is 14.9. The number of aromatic nitrogens is 4. The topological polar surface area (TPSA) is 35.6 Å². The molecule has 0 amide bonds. The lowest BCUT2D eigenvalue weighted by atomic mass is 9.33. The zero-order chi connectivity index (χ0) is 34.1. The predicted octanol–water partition coefficient (Wildman–Crippen LogP) is 6.14. The summed E-state index contributed by atoms with van der Waals surface area (Å²) in [4.78, 5) is 10.8. The number of hydrogen-bond acceptors (Lipinski definition) is 2. The fraction of sp³-hybridized carbons (Fsp3) is 0.263. The summed E-state index contributed by atoms with van der Waals surface area (Å²) in [7, 11) is -4.16. The highest BCUT2D eigenvalue weighted by Crippen LogP contribution is 2.35. The standard InChI is InChI=1S/C38H39BN4Si2/c1-20-14-24-18-28-35-32(26(24)16-22(20)3)39-33-27-17-23(4)21(2)15-25(27)19-29-36(33)43(38(41-29)45(8,9)10)31-13-11-12-30(34(31)39)42(35)37(40-28)44(5,6)7/h11-19H,1-10H3/i11D,12D,13D. The van der Waals surface area contributed by atoms with Gasteiger partial charge >= 0.3 is 0 Å². The van der Waals surface area contributed by atoms with Crippen LogP contribution in [-0.2, 0) is 0 Å². The summed E-state index contributed by atoms with van der Waals surface area (Å²) >= 11 is 0. The van der Waals surface area contributed by atoms with Crippen LogP contribution in [0.15, 0.2) is 54.5 Å². The number of benzene rings is 5. The molecule has 0 spiro atoms. The Balaban J connectivity index is 1.65. The molecule has 0 saturated heterocycles. The highest BCUT2D eigenvalue weighted by atomic mass is 28.3. The van der Waals surface area contributed by atoms with Gasteiger partial charge in [-0.3, -0.25) is 0 Å². The molecule has 0 saturated carbocycles. The predicted molar refractivity (Wildman–Crippen MR) is 200 cm³/mol. The lowest BCUT2D eigenvalue weighted by molar-refractivity contribution is 1.10. The molecule has 9 rings (SSSR count). The molecule has 4 nitrogen and oxygen atoms in total. The fourth-order valence-corrected chi connectivity index (χ4v) is 10.7.